The van der Waals surface area contributed by atoms with Crippen molar-refractivity contribution in [2.24, 2.45) is 0 Å². The molecule has 0 heterocycles. The van der Waals surface area contributed by atoms with Crippen molar-refractivity contribution < 1.29 is 28.9 Å². The van der Waals surface area contributed by atoms with Crippen LogP contribution in [0, 0.1) is 0 Å². The number of hydrogen-bond acceptors (Lipinski definition) is 5. The summed E-state index contributed by atoms with van der Waals surface area (Å²) in [6, 6.07) is 12.2. The van der Waals surface area contributed by atoms with E-state index in [1.165, 1.54) is 0 Å². The van der Waals surface area contributed by atoms with Crippen molar-refractivity contribution in [3.05, 3.63) is 63.6 Å². The maximum absolute atomic E-state index is 12.4. The Bertz CT molecular complexity index is 922. The first kappa shape index (κ1) is 28.7. The molecule has 0 aliphatic rings. The van der Waals surface area contributed by atoms with Crippen LogP contribution in [-0.4, -0.2) is 67.6 Å². The van der Waals surface area contributed by atoms with Gasteiger partial charge in [0.15, 0.2) is 6.10 Å². The molecule has 1 unspecified atom stereocenters. The van der Waals surface area contributed by atoms with Crippen LogP contribution in [0.2, 0.25) is 10.0 Å². The molecule has 0 aliphatic heterocycles. The van der Waals surface area contributed by atoms with Crippen LogP contribution in [0.5, 0.6) is 5.75 Å². The van der Waals surface area contributed by atoms with Crippen molar-refractivity contribution in [2.45, 2.75) is 33.0 Å². The van der Waals surface area contributed by atoms with Gasteiger partial charge in [-0.25, -0.2) is 9.59 Å². The number of rotatable bonds is 15. The molecule has 2 aromatic rings. The highest BCUT2D eigenvalue weighted by Crippen LogP contribution is 2.19. The summed E-state index contributed by atoms with van der Waals surface area (Å²) in [5.74, 6) is -0.361. The second kappa shape index (κ2) is 15.5. The predicted molar refractivity (Wildman–Crippen MR) is 135 cm³/mol. The zero-order valence-corrected chi connectivity index (χ0v) is 21.5. The average Bonchev–Trinajstić information content (AvgIpc) is 2.80. The molecule has 35 heavy (non-hydrogen) atoms. The molecule has 0 bridgehead atoms. The molecule has 0 saturated carbocycles. The summed E-state index contributed by atoms with van der Waals surface area (Å²) >= 11 is 12.0. The van der Waals surface area contributed by atoms with Gasteiger partial charge in [0.2, 0.25) is 0 Å². The molecule has 0 saturated heterocycles. The van der Waals surface area contributed by atoms with E-state index in [0.717, 1.165) is 11.1 Å². The molecule has 0 spiro atoms. The van der Waals surface area contributed by atoms with Crippen molar-refractivity contribution in [1.82, 2.24) is 10.2 Å². The van der Waals surface area contributed by atoms with Gasteiger partial charge in [-0.3, -0.25) is 0 Å². The zero-order chi connectivity index (χ0) is 25.6. The monoisotopic (exact) mass is 526 g/mol. The van der Waals surface area contributed by atoms with Gasteiger partial charge >= 0.3 is 12.0 Å². The summed E-state index contributed by atoms with van der Waals surface area (Å²) in [5, 5.41) is 13.1. The van der Waals surface area contributed by atoms with Gasteiger partial charge in [0.05, 0.1) is 19.8 Å². The second-order valence-electron chi connectivity index (χ2n) is 7.63. The number of nitrogens with one attached hydrogen (secondary N) is 1. The largest absolute Gasteiger partial charge is 0.492 e. The number of hydrogen-bond donors (Lipinski definition) is 2. The predicted octanol–water partition coefficient (Wildman–Crippen LogP) is 4.65. The normalized spacial score (nSPS) is 11.7. The number of nitrogens with zero attached hydrogens (tertiary/aromatic N) is 1. The highest BCUT2D eigenvalue weighted by Gasteiger charge is 2.18. The van der Waals surface area contributed by atoms with E-state index in [4.69, 9.17) is 37.4 Å². The van der Waals surface area contributed by atoms with Crippen molar-refractivity contribution in [2.75, 3.05) is 39.5 Å². The van der Waals surface area contributed by atoms with Crippen LogP contribution in [0.3, 0.4) is 0 Å². The summed E-state index contributed by atoms with van der Waals surface area (Å²) < 4.78 is 16.7. The quantitative estimate of drug-likeness (QED) is 0.327. The summed E-state index contributed by atoms with van der Waals surface area (Å²) in [7, 11) is 0. The maximum Gasteiger partial charge on any atom is 0.333 e. The van der Waals surface area contributed by atoms with Gasteiger partial charge in [-0.2, -0.15) is 0 Å². The van der Waals surface area contributed by atoms with Gasteiger partial charge in [-0.15, -0.1) is 0 Å². The summed E-state index contributed by atoms with van der Waals surface area (Å²) in [6.45, 7) is 6.17. The number of urea groups is 1. The lowest BCUT2D eigenvalue weighted by Gasteiger charge is -2.23. The molecular formula is C25H32Cl2N2O6. The van der Waals surface area contributed by atoms with E-state index >= 15 is 0 Å². The summed E-state index contributed by atoms with van der Waals surface area (Å²) in [4.78, 5) is 25.3. The lowest BCUT2D eigenvalue weighted by molar-refractivity contribution is -0.149. The van der Waals surface area contributed by atoms with Crippen LogP contribution in [-0.2, 0) is 27.3 Å². The summed E-state index contributed by atoms with van der Waals surface area (Å²) in [6.07, 6.45) is -0.606. The highest BCUT2D eigenvalue weighted by atomic mass is 35.5. The van der Waals surface area contributed by atoms with E-state index in [-0.39, 0.29) is 19.1 Å². The Labute approximate surface area is 216 Å². The molecule has 2 amide bonds. The molecule has 0 aliphatic carbocycles. The number of aliphatic carboxylic acids is 1. The van der Waals surface area contributed by atoms with Gasteiger partial charge in [0.1, 0.15) is 12.4 Å². The second-order valence-corrected chi connectivity index (χ2v) is 8.50. The topological polar surface area (TPSA) is 97.3 Å². The minimum absolute atomic E-state index is 0.198. The molecule has 2 aromatic carbocycles. The van der Waals surface area contributed by atoms with Crippen LogP contribution in [0.15, 0.2) is 42.5 Å². The number of ether oxygens (including phenoxy) is 3. The van der Waals surface area contributed by atoms with Crippen molar-refractivity contribution in [3.8, 4) is 5.75 Å². The maximum atomic E-state index is 12.4. The number of carboxylic acid groups (broad SMARTS) is 1. The third-order valence-electron chi connectivity index (χ3n) is 4.93. The van der Waals surface area contributed by atoms with Crippen LogP contribution in [0.4, 0.5) is 4.79 Å². The number of carboxylic acids is 1. The number of benzene rings is 2. The van der Waals surface area contributed by atoms with Gasteiger partial charge in [0.25, 0.3) is 0 Å². The SMILES string of the molecule is CCNC(=O)N(CCOCc1cc(Cl)cc(Cl)c1)CCOc1ccc(CC(OCC)C(=O)O)cc1. The highest BCUT2D eigenvalue weighted by molar-refractivity contribution is 6.34. The number of carbonyl (C=O) groups is 2. The summed E-state index contributed by atoms with van der Waals surface area (Å²) in [5.41, 5.74) is 1.69. The van der Waals surface area contributed by atoms with Gasteiger partial charge < -0.3 is 29.5 Å². The first-order valence-corrected chi connectivity index (χ1v) is 12.2. The van der Waals surface area contributed by atoms with Crippen LogP contribution in [0.25, 0.3) is 0 Å². The minimum Gasteiger partial charge on any atom is -0.492 e. The van der Waals surface area contributed by atoms with Crippen molar-refractivity contribution in [3.63, 3.8) is 0 Å². The fraction of sp³-hybridized carbons (Fsp3) is 0.440. The van der Waals surface area contributed by atoms with Crippen LogP contribution < -0.4 is 10.1 Å². The lowest BCUT2D eigenvalue weighted by Crippen LogP contribution is -2.43. The number of carbonyl (C=O) groups excluding carboxylic acids is 1. The number of halogens is 2. The fourth-order valence-corrected chi connectivity index (χ4v) is 3.84. The molecule has 2 rings (SSSR count). The first-order chi connectivity index (χ1) is 16.8. The molecule has 2 N–H and O–H groups in total. The Kier molecular flexibility index (Phi) is 12.7. The van der Waals surface area contributed by atoms with E-state index in [0.29, 0.717) is 55.2 Å². The number of amides is 2. The van der Waals surface area contributed by atoms with Gasteiger partial charge in [-0.05, 0) is 55.3 Å². The molecule has 0 aromatic heterocycles. The van der Waals surface area contributed by atoms with Gasteiger partial charge in [-0.1, -0.05) is 35.3 Å². The van der Waals surface area contributed by atoms with Crippen molar-refractivity contribution >= 4 is 35.2 Å². The lowest BCUT2D eigenvalue weighted by atomic mass is 10.1. The Hall–Kier alpha value is -2.52. The van der Waals surface area contributed by atoms with E-state index in [9.17, 15) is 14.7 Å². The van der Waals surface area contributed by atoms with Crippen molar-refractivity contribution in [1.29, 1.82) is 0 Å². The third-order valence-corrected chi connectivity index (χ3v) is 5.37. The zero-order valence-electron chi connectivity index (χ0n) is 20.0. The Balaban J connectivity index is 1.81. The Morgan fingerprint density at radius 1 is 1.00 bits per heavy atom. The fourth-order valence-electron chi connectivity index (χ4n) is 3.27. The average molecular weight is 527 g/mol. The van der Waals surface area contributed by atoms with Crippen LogP contribution in [0.1, 0.15) is 25.0 Å². The molecule has 1 atom stereocenters. The standard InChI is InChI=1S/C25H32Cl2N2O6/c1-3-28-25(32)29(9-11-33-17-19-13-20(26)16-21(27)14-19)10-12-35-22-7-5-18(6-8-22)15-23(24(30)31)34-4-2/h5-8,13-14,16,23H,3-4,9-12,15,17H2,1-2H3,(H,28,32)(H,30,31). The molecule has 10 heteroatoms. The smallest absolute Gasteiger partial charge is 0.333 e. The van der Waals surface area contributed by atoms with E-state index in [1.807, 2.05) is 19.1 Å². The molecule has 192 valence electrons. The molecule has 8 nitrogen and oxygen atoms in total. The van der Waals surface area contributed by atoms with E-state index in [2.05, 4.69) is 5.32 Å². The Morgan fingerprint density at radius 2 is 1.66 bits per heavy atom. The van der Waals surface area contributed by atoms with E-state index in [1.54, 1.807) is 42.2 Å². The van der Waals surface area contributed by atoms with E-state index < -0.39 is 12.1 Å². The third kappa shape index (κ3) is 10.7. The minimum atomic E-state index is -0.988. The molecule has 0 radical (unpaired) electrons. The van der Waals surface area contributed by atoms with Gasteiger partial charge in [0, 0.05) is 36.2 Å². The first-order valence-electron chi connectivity index (χ1n) is 11.4. The molecule has 0 fully saturated rings. The molecular weight excluding hydrogens is 495 g/mol. The Morgan fingerprint density at radius 3 is 2.26 bits per heavy atom. The van der Waals surface area contributed by atoms with Crippen LogP contribution >= 0.6 is 23.2 Å².